The highest BCUT2D eigenvalue weighted by atomic mass is 16.5. The molecule has 4 heteroatoms. The number of nitrogens with zero attached hydrogens (tertiary/aromatic N) is 1. The van der Waals surface area contributed by atoms with Crippen LogP contribution in [0.2, 0.25) is 0 Å². The van der Waals surface area contributed by atoms with Crippen molar-refractivity contribution in [2.45, 2.75) is 6.04 Å². The van der Waals surface area contributed by atoms with Gasteiger partial charge >= 0.3 is 0 Å². The summed E-state index contributed by atoms with van der Waals surface area (Å²) in [6.45, 7) is 0.871. The Labute approximate surface area is 104 Å². The van der Waals surface area contributed by atoms with Crippen LogP contribution in [0, 0.1) is 0 Å². The van der Waals surface area contributed by atoms with E-state index in [1.807, 2.05) is 19.2 Å². The number of hydrogen-bond donors (Lipinski definition) is 1. The molecule has 0 fully saturated rings. The Morgan fingerprint density at radius 3 is 2.41 bits per heavy atom. The average molecular weight is 238 g/mol. The lowest BCUT2D eigenvalue weighted by Gasteiger charge is -2.26. The summed E-state index contributed by atoms with van der Waals surface area (Å²) in [6.07, 6.45) is 0. The Balaban J connectivity index is 3.09. The predicted octanol–water partition coefficient (Wildman–Crippen LogP) is 1.53. The van der Waals surface area contributed by atoms with E-state index < -0.39 is 0 Å². The first-order valence-electron chi connectivity index (χ1n) is 5.67. The van der Waals surface area contributed by atoms with Crippen molar-refractivity contribution in [3.63, 3.8) is 0 Å². The molecule has 0 amide bonds. The van der Waals surface area contributed by atoms with E-state index in [4.69, 9.17) is 9.47 Å². The lowest BCUT2D eigenvalue weighted by Crippen LogP contribution is -2.29. The molecule has 0 spiro atoms. The fraction of sp³-hybridized carbons (Fsp3) is 0.538. The molecule has 96 valence electrons. The zero-order valence-electron chi connectivity index (χ0n) is 11.3. The molecule has 0 aliphatic heterocycles. The van der Waals surface area contributed by atoms with Gasteiger partial charge in [-0.25, -0.2) is 0 Å². The van der Waals surface area contributed by atoms with E-state index in [1.54, 1.807) is 14.2 Å². The lowest BCUT2D eigenvalue weighted by molar-refractivity contribution is 0.283. The number of ether oxygens (including phenoxy) is 2. The molecule has 1 N–H and O–H groups in total. The first-order valence-corrected chi connectivity index (χ1v) is 5.67. The summed E-state index contributed by atoms with van der Waals surface area (Å²) in [5, 5.41) is 3.20. The molecular weight excluding hydrogens is 216 g/mol. The van der Waals surface area contributed by atoms with Crippen molar-refractivity contribution in [3.8, 4) is 11.5 Å². The van der Waals surface area contributed by atoms with Crippen LogP contribution < -0.4 is 14.8 Å². The summed E-state index contributed by atoms with van der Waals surface area (Å²) in [7, 11) is 9.42. The summed E-state index contributed by atoms with van der Waals surface area (Å²) < 4.78 is 10.6. The predicted molar refractivity (Wildman–Crippen MR) is 69.9 cm³/mol. The van der Waals surface area contributed by atoms with Crippen LogP contribution in [0.3, 0.4) is 0 Å². The van der Waals surface area contributed by atoms with Crippen LogP contribution in [-0.2, 0) is 0 Å². The van der Waals surface area contributed by atoms with Gasteiger partial charge in [0, 0.05) is 18.2 Å². The number of benzene rings is 1. The number of likely N-dealkylation sites (N-methyl/N-ethyl adjacent to an activating group) is 2. The number of nitrogens with one attached hydrogen (secondary N) is 1. The van der Waals surface area contributed by atoms with Crippen LogP contribution in [0.1, 0.15) is 11.6 Å². The van der Waals surface area contributed by atoms with Crippen LogP contribution >= 0.6 is 0 Å². The highest BCUT2D eigenvalue weighted by molar-refractivity contribution is 5.42. The van der Waals surface area contributed by atoms with Crippen LogP contribution in [0.4, 0.5) is 0 Å². The van der Waals surface area contributed by atoms with E-state index in [9.17, 15) is 0 Å². The minimum absolute atomic E-state index is 0.279. The normalized spacial score (nSPS) is 12.6. The Morgan fingerprint density at radius 2 is 1.94 bits per heavy atom. The maximum Gasteiger partial charge on any atom is 0.127 e. The van der Waals surface area contributed by atoms with Crippen molar-refractivity contribution >= 4 is 0 Å². The monoisotopic (exact) mass is 238 g/mol. The van der Waals surface area contributed by atoms with Crippen molar-refractivity contribution in [1.29, 1.82) is 0 Å². The minimum atomic E-state index is 0.279. The molecule has 0 bridgehead atoms. The summed E-state index contributed by atoms with van der Waals surface area (Å²) in [6, 6.07) is 6.21. The van der Waals surface area contributed by atoms with Crippen LogP contribution in [-0.4, -0.2) is 46.8 Å². The van der Waals surface area contributed by atoms with E-state index in [1.165, 1.54) is 0 Å². The quantitative estimate of drug-likeness (QED) is 0.815. The molecule has 17 heavy (non-hydrogen) atoms. The van der Waals surface area contributed by atoms with Gasteiger partial charge in [-0.3, -0.25) is 0 Å². The van der Waals surface area contributed by atoms with Crippen molar-refractivity contribution < 1.29 is 9.47 Å². The molecule has 0 saturated carbocycles. The van der Waals surface area contributed by atoms with Gasteiger partial charge in [0.15, 0.2) is 0 Å². The summed E-state index contributed by atoms with van der Waals surface area (Å²) in [4.78, 5) is 2.17. The molecule has 1 unspecified atom stereocenters. The molecule has 0 aromatic heterocycles. The van der Waals surface area contributed by atoms with Gasteiger partial charge in [0.25, 0.3) is 0 Å². The van der Waals surface area contributed by atoms with Gasteiger partial charge in [-0.1, -0.05) is 6.07 Å². The molecule has 1 atom stereocenters. The van der Waals surface area contributed by atoms with Crippen LogP contribution in [0.5, 0.6) is 11.5 Å². The topological polar surface area (TPSA) is 33.7 Å². The van der Waals surface area contributed by atoms with E-state index in [0.29, 0.717) is 0 Å². The molecule has 4 nitrogen and oxygen atoms in total. The minimum Gasteiger partial charge on any atom is -0.497 e. The molecule has 1 aromatic rings. The zero-order valence-corrected chi connectivity index (χ0v) is 11.3. The van der Waals surface area contributed by atoms with Crippen LogP contribution in [0.25, 0.3) is 0 Å². The molecular formula is C13H22N2O2. The number of hydrogen-bond acceptors (Lipinski definition) is 4. The fourth-order valence-corrected chi connectivity index (χ4v) is 1.86. The van der Waals surface area contributed by atoms with Gasteiger partial charge in [-0.2, -0.15) is 0 Å². The summed E-state index contributed by atoms with van der Waals surface area (Å²) in [5.74, 6) is 1.67. The first kappa shape index (κ1) is 13.8. The molecule has 0 aliphatic carbocycles. The fourth-order valence-electron chi connectivity index (χ4n) is 1.86. The lowest BCUT2D eigenvalue weighted by atomic mass is 10.0. The smallest absolute Gasteiger partial charge is 0.127 e. The van der Waals surface area contributed by atoms with Gasteiger partial charge in [-0.05, 0) is 27.2 Å². The second kappa shape index (κ2) is 6.47. The molecule has 0 radical (unpaired) electrons. The van der Waals surface area contributed by atoms with Gasteiger partial charge in [-0.15, -0.1) is 0 Å². The Kier molecular flexibility index (Phi) is 5.25. The standard InChI is InChI=1S/C13H22N2O2/c1-14-9-12(15(2)3)11-7-6-10(16-4)8-13(11)17-5/h6-8,12,14H,9H2,1-5H3. The second-order valence-electron chi connectivity index (χ2n) is 4.14. The third-order valence-corrected chi connectivity index (χ3v) is 2.82. The molecule has 0 aliphatic rings. The van der Waals surface area contributed by atoms with Gasteiger partial charge in [0.2, 0.25) is 0 Å². The Bertz CT molecular complexity index is 353. The maximum atomic E-state index is 5.43. The largest absolute Gasteiger partial charge is 0.497 e. The molecule has 0 saturated heterocycles. The first-order chi connectivity index (χ1) is 8.13. The van der Waals surface area contributed by atoms with E-state index >= 15 is 0 Å². The molecule has 1 rings (SSSR count). The molecule has 1 aromatic carbocycles. The maximum absolute atomic E-state index is 5.43. The van der Waals surface area contributed by atoms with Gasteiger partial charge < -0.3 is 19.7 Å². The zero-order chi connectivity index (χ0) is 12.8. The van der Waals surface area contributed by atoms with Gasteiger partial charge in [0.1, 0.15) is 11.5 Å². The SMILES string of the molecule is CNCC(c1ccc(OC)cc1OC)N(C)C. The van der Waals surface area contributed by atoms with E-state index in [0.717, 1.165) is 23.6 Å². The Hall–Kier alpha value is -1.26. The Morgan fingerprint density at radius 1 is 1.24 bits per heavy atom. The van der Waals surface area contributed by atoms with Crippen molar-refractivity contribution in [2.75, 3.05) is 41.9 Å². The highest BCUT2D eigenvalue weighted by Gasteiger charge is 2.18. The van der Waals surface area contributed by atoms with E-state index in [-0.39, 0.29) is 6.04 Å². The second-order valence-corrected chi connectivity index (χ2v) is 4.14. The van der Waals surface area contributed by atoms with Crippen LogP contribution in [0.15, 0.2) is 18.2 Å². The van der Waals surface area contributed by atoms with Crippen molar-refractivity contribution in [3.05, 3.63) is 23.8 Å². The van der Waals surface area contributed by atoms with Gasteiger partial charge in [0.05, 0.1) is 20.3 Å². The number of rotatable bonds is 6. The third kappa shape index (κ3) is 3.35. The van der Waals surface area contributed by atoms with Crippen molar-refractivity contribution in [2.24, 2.45) is 0 Å². The summed E-state index contributed by atoms with van der Waals surface area (Å²) in [5.41, 5.74) is 1.16. The van der Waals surface area contributed by atoms with Crippen molar-refractivity contribution in [1.82, 2.24) is 10.2 Å². The third-order valence-electron chi connectivity index (χ3n) is 2.82. The molecule has 0 heterocycles. The number of methoxy groups -OCH3 is 2. The van der Waals surface area contributed by atoms with E-state index in [2.05, 4.69) is 30.4 Å². The average Bonchev–Trinajstić information content (AvgIpc) is 2.35. The summed E-state index contributed by atoms with van der Waals surface area (Å²) >= 11 is 0. The highest BCUT2D eigenvalue weighted by Crippen LogP contribution is 2.31.